The van der Waals surface area contributed by atoms with E-state index in [1.165, 1.54) is 12.1 Å². The summed E-state index contributed by atoms with van der Waals surface area (Å²) < 4.78 is 42.1. The second-order valence-electron chi connectivity index (χ2n) is 2.99. The Labute approximate surface area is 89.5 Å². The van der Waals surface area contributed by atoms with Crippen LogP contribution >= 0.6 is 0 Å². The van der Waals surface area contributed by atoms with Crippen LogP contribution in [0.15, 0.2) is 24.3 Å². The van der Waals surface area contributed by atoms with Gasteiger partial charge in [-0.1, -0.05) is 12.1 Å². The molecule has 1 aromatic rings. The number of alkyl halides is 3. The fourth-order valence-electron chi connectivity index (χ4n) is 1.07. The maximum atomic E-state index is 12.4. The van der Waals surface area contributed by atoms with E-state index < -0.39 is 17.7 Å². The average Bonchev–Trinajstić information content (AvgIpc) is 2.16. The number of halogens is 3. The van der Waals surface area contributed by atoms with Crippen LogP contribution in [0.4, 0.5) is 13.2 Å². The van der Waals surface area contributed by atoms with E-state index in [4.69, 9.17) is 9.84 Å². The van der Waals surface area contributed by atoms with Gasteiger partial charge in [0.05, 0.1) is 18.6 Å². The molecule has 88 valence electrons. The van der Waals surface area contributed by atoms with E-state index in [0.29, 0.717) is 0 Å². The molecule has 0 fully saturated rings. The Morgan fingerprint density at radius 1 is 1.31 bits per heavy atom. The van der Waals surface area contributed by atoms with Crippen molar-refractivity contribution in [2.75, 3.05) is 6.61 Å². The molecule has 0 aliphatic heterocycles. The Bertz CT molecular complexity index is 374. The summed E-state index contributed by atoms with van der Waals surface area (Å²) in [5, 5.41) is 8.32. The first kappa shape index (κ1) is 12.4. The lowest BCUT2D eigenvalue weighted by molar-refractivity contribution is -0.139. The Hall–Kier alpha value is -1.72. The topological polar surface area (TPSA) is 46.5 Å². The van der Waals surface area contributed by atoms with Crippen molar-refractivity contribution in [2.24, 2.45) is 0 Å². The molecule has 6 heteroatoms. The van der Waals surface area contributed by atoms with Gasteiger partial charge in [0, 0.05) is 0 Å². The molecule has 1 rings (SSSR count). The highest BCUT2D eigenvalue weighted by atomic mass is 19.4. The minimum atomic E-state index is -4.50. The predicted molar refractivity (Wildman–Crippen MR) is 49.2 cm³/mol. The monoisotopic (exact) mass is 234 g/mol. The number of hydrogen-bond acceptors (Lipinski definition) is 2. The zero-order valence-corrected chi connectivity index (χ0v) is 8.12. The van der Waals surface area contributed by atoms with E-state index in [1.807, 2.05) is 0 Å². The van der Waals surface area contributed by atoms with Gasteiger partial charge in [0.25, 0.3) is 0 Å². The van der Waals surface area contributed by atoms with Crippen LogP contribution in [0.3, 0.4) is 0 Å². The van der Waals surface area contributed by atoms with Crippen molar-refractivity contribution >= 4 is 5.97 Å². The molecule has 0 saturated heterocycles. The maximum absolute atomic E-state index is 12.4. The minimum absolute atomic E-state index is 0.289. The zero-order chi connectivity index (χ0) is 12.2. The summed E-state index contributed by atoms with van der Waals surface area (Å²) in [4.78, 5) is 10.2. The molecule has 1 aromatic carbocycles. The SMILES string of the molecule is O=C(O)CCOc1ccccc1C(F)(F)F. The Morgan fingerprint density at radius 2 is 1.94 bits per heavy atom. The molecule has 1 N–H and O–H groups in total. The number of para-hydroxylation sites is 1. The van der Waals surface area contributed by atoms with Crippen LogP contribution in [-0.4, -0.2) is 17.7 Å². The molecule has 0 radical (unpaired) electrons. The average molecular weight is 234 g/mol. The Morgan fingerprint density at radius 3 is 2.50 bits per heavy atom. The van der Waals surface area contributed by atoms with Crippen LogP contribution < -0.4 is 4.74 Å². The third-order valence-corrected chi connectivity index (χ3v) is 1.77. The minimum Gasteiger partial charge on any atom is -0.492 e. The molecule has 0 aromatic heterocycles. The molecule has 0 unspecified atom stereocenters. The van der Waals surface area contributed by atoms with E-state index >= 15 is 0 Å². The van der Waals surface area contributed by atoms with Crippen LogP contribution in [0.2, 0.25) is 0 Å². The summed E-state index contributed by atoms with van der Waals surface area (Å²) in [7, 11) is 0. The van der Waals surface area contributed by atoms with Crippen molar-refractivity contribution in [2.45, 2.75) is 12.6 Å². The highest BCUT2D eigenvalue weighted by Crippen LogP contribution is 2.35. The predicted octanol–water partition coefficient (Wildman–Crippen LogP) is 2.56. The van der Waals surface area contributed by atoms with E-state index in [0.717, 1.165) is 12.1 Å². The summed E-state index contributed by atoms with van der Waals surface area (Å²) in [5.74, 6) is -1.47. The lowest BCUT2D eigenvalue weighted by Gasteiger charge is -2.12. The van der Waals surface area contributed by atoms with Crippen LogP contribution in [0.1, 0.15) is 12.0 Å². The zero-order valence-electron chi connectivity index (χ0n) is 8.12. The standard InChI is InChI=1S/C10H9F3O3/c11-10(12,13)7-3-1-2-4-8(7)16-6-5-9(14)15/h1-4H,5-6H2,(H,14,15). The van der Waals surface area contributed by atoms with E-state index in [-0.39, 0.29) is 18.8 Å². The van der Waals surface area contributed by atoms with Crippen LogP contribution in [0.25, 0.3) is 0 Å². The van der Waals surface area contributed by atoms with Gasteiger partial charge in [0.2, 0.25) is 0 Å². The van der Waals surface area contributed by atoms with Crippen molar-refractivity contribution < 1.29 is 27.8 Å². The van der Waals surface area contributed by atoms with Crippen molar-refractivity contribution in [3.8, 4) is 5.75 Å². The summed E-state index contributed by atoms with van der Waals surface area (Å²) >= 11 is 0. The van der Waals surface area contributed by atoms with E-state index in [1.54, 1.807) is 0 Å². The number of carboxylic acids is 1. The van der Waals surface area contributed by atoms with E-state index in [2.05, 4.69) is 0 Å². The summed E-state index contributed by atoms with van der Waals surface area (Å²) in [6, 6.07) is 4.68. The van der Waals surface area contributed by atoms with Gasteiger partial charge in [0.1, 0.15) is 5.75 Å². The molecule has 0 heterocycles. The van der Waals surface area contributed by atoms with Crippen LogP contribution in [0, 0.1) is 0 Å². The van der Waals surface area contributed by atoms with Crippen molar-refractivity contribution in [3.63, 3.8) is 0 Å². The Kier molecular flexibility index (Phi) is 3.76. The summed E-state index contributed by atoms with van der Waals surface area (Å²) in [5.41, 5.74) is -0.902. The summed E-state index contributed by atoms with van der Waals surface area (Å²) in [6.45, 7) is -0.289. The quantitative estimate of drug-likeness (QED) is 0.870. The van der Waals surface area contributed by atoms with Gasteiger partial charge in [-0.3, -0.25) is 4.79 Å². The molecule has 0 atom stereocenters. The second kappa shape index (κ2) is 4.87. The molecular formula is C10H9F3O3. The number of benzene rings is 1. The normalized spacial score (nSPS) is 11.2. The van der Waals surface area contributed by atoms with E-state index in [9.17, 15) is 18.0 Å². The third kappa shape index (κ3) is 3.45. The fourth-order valence-corrected chi connectivity index (χ4v) is 1.07. The molecular weight excluding hydrogens is 225 g/mol. The van der Waals surface area contributed by atoms with Gasteiger partial charge < -0.3 is 9.84 Å². The first-order valence-corrected chi connectivity index (χ1v) is 4.42. The number of carbonyl (C=O) groups is 1. The lowest BCUT2D eigenvalue weighted by atomic mass is 10.2. The number of carboxylic acid groups (broad SMARTS) is 1. The van der Waals surface area contributed by atoms with Gasteiger partial charge in [0.15, 0.2) is 0 Å². The van der Waals surface area contributed by atoms with Gasteiger partial charge in [-0.25, -0.2) is 0 Å². The van der Waals surface area contributed by atoms with Crippen LogP contribution in [-0.2, 0) is 11.0 Å². The maximum Gasteiger partial charge on any atom is 0.419 e. The molecule has 0 bridgehead atoms. The Balaban J connectivity index is 2.76. The molecule has 0 spiro atoms. The van der Waals surface area contributed by atoms with Gasteiger partial charge in [-0.05, 0) is 12.1 Å². The number of rotatable bonds is 4. The van der Waals surface area contributed by atoms with Crippen molar-refractivity contribution in [3.05, 3.63) is 29.8 Å². The molecule has 0 aliphatic rings. The van der Waals surface area contributed by atoms with Gasteiger partial charge >= 0.3 is 12.1 Å². The number of hydrogen-bond donors (Lipinski definition) is 1. The van der Waals surface area contributed by atoms with Crippen LogP contribution in [0.5, 0.6) is 5.75 Å². The first-order valence-electron chi connectivity index (χ1n) is 4.42. The summed E-state index contributed by atoms with van der Waals surface area (Å²) in [6.07, 6.45) is -4.84. The molecule has 3 nitrogen and oxygen atoms in total. The third-order valence-electron chi connectivity index (χ3n) is 1.77. The highest BCUT2D eigenvalue weighted by Gasteiger charge is 2.33. The highest BCUT2D eigenvalue weighted by molar-refractivity contribution is 5.66. The van der Waals surface area contributed by atoms with Crippen molar-refractivity contribution in [1.82, 2.24) is 0 Å². The molecule has 16 heavy (non-hydrogen) atoms. The lowest BCUT2D eigenvalue weighted by Crippen LogP contribution is -2.10. The molecule has 0 aliphatic carbocycles. The number of aliphatic carboxylic acids is 1. The van der Waals surface area contributed by atoms with Gasteiger partial charge in [-0.2, -0.15) is 13.2 Å². The number of ether oxygens (including phenoxy) is 1. The smallest absolute Gasteiger partial charge is 0.419 e. The largest absolute Gasteiger partial charge is 0.492 e. The second-order valence-corrected chi connectivity index (χ2v) is 2.99. The van der Waals surface area contributed by atoms with Gasteiger partial charge in [-0.15, -0.1) is 0 Å². The first-order chi connectivity index (χ1) is 7.41. The fraction of sp³-hybridized carbons (Fsp3) is 0.300. The molecule has 0 saturated carbocycles. The van der Waals surface area contributed by atoms with Crippen molar-refractivity contribution in [1.29, 1.82) is 0 Å². The molecule has 0 amide bonds.